The van der Waals surface area contributed by atoms with Crippen molar-refractivity contribution in [3.8, 4) is 0 Å². The van der Waals surface area contributed by atoms with Crippen molar-refractivity contribution in [2.24, 2.45) is 5.92 Å². The summed E-state index contributed by atoms with van der Waals surface area (Å²) < 4.78 is 32.4. The van der Waals surface area contributed by atoms with Gasteiger partial charge in [0.2, 0.25) is 15.9 Å². The van der Waals surface area contributed by atoms with Crippen LogP contribution in [0, 0.1) is 5.92 Å². The number of nitrogens with zero attached hydrogens (tertiary/aromatic N) is 2. The summed E-state index contributed by atoms with van der Waals surface area (Å²) >= 11 is 6.17. The van der Waals surface area contributed by atoms with E-state index in [4.69, 9.17) is 16.3 Å². The largest absolute Gasteiger partial charge is 0.379 e. The summed E-state index contributed by atoms with van der Waals surface area (Å²) in [7, 11) is -1.78. The molecule has 3 rings (SSSR count). The molecule has 1 aromatic carbocycles. The van der Waals surface area contributed by atoms with Crippen molar-refractivity contribution in [3.05, 3.63) is 23.2 Å². The molecule has 1 N–H and O–H groups in total. The maximum atomic E-state index is 12.9. The van der Waals surface area contributed by atoms with Gasteiger partial charge in [-0.2, -0.15) is 4.31 Å². The number of ether oxygens (including phenoxy) is 1. The Labute approximate surface area is 178 Å². The molecule has 1 saturated heterocycles. The molecule has 1 amide bonds. The Hall–Kier alpha value is -1.19. The van der Waals surface area contributed by atoms with Crippen molar-refractivity contribution in [1.29, 1.82) is 0 Å². The van der Waals surface area contributed by atoms with Crippen molar-refractivity contribution >= 4 is 33.2 Å². The average molecular weight is 444 g/mol. The van der Waals surface area contributed by atoms with Crippen LogP contribution in [0.2, 0.25) is 5.02 Å². The number of morpholine rings is 1. The van der Waals surface area contributed by atoms with Crippen LogP contribution in [0.15, 0.2) is 23.1 Å². The predicted molar refractivity (Wildman–Crippen MR) is 114 cm³/mol. The van der Waals surface area contributed by atoms with E-state index in [1.165, 1.54) is 48.5 Å². The van der Waals surface area contributed by atoms with E-state index in [9.17, 15) is 13.2 Å². The van der Waals surface area contributed by atoms with Crippen LogP contribution < -0.4 is 5.32 Å². The normalized spacial score (nSPS) is 19.4. The summed E-state index contributed by atoms with van der Waals surface area (Å²) in [6, 6.07) is 4.57. The second-order valence-electron chi connectivity index (χ2n) is 7.91. The van der Waals surface area contributed by atoms with E-state index >= 15 is 0 Å². The molecule has 1 aliphatic heterocycles. The lowest BCUT2D eigenvalue weighted by Crippen LogP contribution is -2.40. The Morgan fingerprint density at radius 3 is 2.62 bits per heavy atom. The van der Waals surface area contributed by atoms with Gasteiger partial charge in [0, 0.05) is 25.3 Å². The molecule has 1 saturated carbocycles. The van der Waals surface area contributed by atoms with Gasteiger partial charge in [0.15, 0.2) is 0 Å². The third-order valence-electron chi connectivity index (χ3n) is 5.51. The summed E-state index contributed by atoms with van der Waals surface area (Å²) in [6.45, 7) is 2.49. The molecule has 1 aromatic rings. The quantitative estimate of drug-likeness (QED) is 0.701. The molecule has 0 bridgehead atoms. The van der Waals surface area contributed by atoms with Crippen LogP contribution in [-0.4, -0.2) is 70.0 Å². The zero-order chi connectivity index (χ0) is 20.9. The molecule has 1 aliphatic carbocycles. The highest BCUT2D eigenvalue weighted by molar-refractivity contribution is 7.89. The van der Waals surface area contributed by atoms with Gasteiger partial charge >= 0.3 is 0 Å². The van der Waals surface area contributed by atoms with Gasteiger partial charge < -0.3 is 10.1 Å². The van der Waals surface area contributed by atoms with Crippen LogP contribution in [0.5, 0.6) is 0 Å². The third kappa shape index (κ3) is 6.15. The topological polar surface area (TPSA) is 79.0 Å². The summed E-state index contributed by atoms with van der Waals surface area (Å²) in [5, 5.41) is 2.95. The molecular weight excluding hydrogens is 414 g/mol. The highest BCUT2D eigenvalue weighted by Gasteiger charge is 2.28. The molecule has 0 unspecified atom stereocenters. The Morgan fingerprint density at radius 1 is 1.24 bits per heavy atom. The molecule has 0 atom stereocenters. The predicted octanol–water partition coefficient (Wildman–Crippen LogP) is 2.81. The number of halogens is 1. The minimum Gasteiger partial charge on any atom is -0.379 e. The lowest BCUT2D eigenvalue weighted by atomic mass is 9.89. The van der Waals surface area contributed by atoms with E-state index in [2.05, 4.69) is 5.32 Å². The van der Waals surface area contributed by atoms with E-state index in [1.807, 2.05) is 11.9 Å². The van der Waals surface area contributed by atoms with Crippen LogP contribution in [0.25, 0.3) is 0 Å². The number of hydrogen-bond acceptors (Lipinski definition) is 5. The van der Waals surface area contributed by atoms with E-state index in [0.29, 0.717) is 37.9 Å². The summed E-state index contributed by atoms with van der Waals surface area (Å²) in [6.07, 6.45) is 6.32. The molecule has 29 heavy (non-hydrogen) atoms. The number of nitrogens with one attached hydrogen (secondary N) is 1. The number of likely N-dealkylation sites (N-methyl/N-ethyl adjacent to an activating group) is 1. The summed E-state index contributed by atoms with van der Waals surface area (Å²) in [5.74, 6) is 0.489. The van der Waals surface area contributed by atoms with Crippen molar-refractivity contribution in [2.45, 2.75) is 37.0 Å². The van der Waals surface area contributed by atoms with Gasteiger partial charge in [0.25, 0.3) is 0 Å². The smallest absolute Gasteiger partial charge is 0.244 e. The minimum atomic E-state index is -3.73. The molecular formula is C20H30ClN3O4S. The molecule has 0 aromatic heterocycles. The maximum Gasteiger partial charge on any atom is 0.244 e. The SMILES string of the molecule is CN(CC(=O)Nc1ccc(Cl)c(S(=O)(=O)N2CCOCC2)c1)CC1CCCCC1. The summed E-state index contributed by atoms with van der Waals surface area (Å²) in [5.41, 5.74) is 0.428. The fourth-order valence-electron chi connectivity index (χ4n) is 4.03. The fourth-order valence-corrected chi connectivity index (χ4v) is 5.93. The van der Waals surface area contributed by atoms with Crippen LogP contribution >= 0.6 is 11.6 Å². The van der Waals surface area contributed by atoms with Gasteiger partial charge in [-0.1, -0.05) is 30.9 Å². The number of anilines is 1. The van der Waals surface area contributed by atoms with Crippen LogP contribution in [0.1, 0.15) is 32.1 Å². The Bertz CT molecular complexity index is 806. The second kappa shape index (κ2) is 10.2. The number of carbonyl (C=O) groups excluding carboxylic acids is 1. The molecule has 9 heteroatoms. The molecule has 2 fully saturated rings. The molecule has 7 nitrogen and oxygen atoms in total. The van der Waals surface area contributed by atoms with Crippen molar-refractivity contribution in [2.75, 3.05) is 51.8 Å². The first-order valence-corrected chi connectivity index (χ1v) is 12.0. The van der Waals surface area contributed by atoms with E-state index in [1.54, 1.807) is 6.07 Å². The van der Waals surface area contributed by atoms with Crippen LogP contribution in [0.4, 0.5) is 5.69 Å². The van der Waals surface area contributed by atoms with Gasteiger partial charge in [-0.15, -0.1) is 0 Å². The van der Waals surface area contributed by atoms with Crippen LogP contribution in [-0.2, 0) is 19.6 Å². The second-order valence-corrected chi connectivity index (χ2v) is 10.2. The number of amides is 1. The molecule has 2 aliphatic rings. The molecule has 0 radical (unpaired) electrons. The lowest BCUT2D eigenvalue weighted by molar-refractivity contribution is -0.117. The van der Waals surface area contributed by atoms with E-state index < -0.39 is 10.0 Å². The first-order chi connectivity index (χ1) is 13.9. The Kier molecular flexibility index (Phi) is 7.92. The third-order valence-corrected chi connectivity index (χ3v) is 7.89. The lowest BCUT2D eigenvalue weighted by Gasteiger charge is -2.27. The van der Waals surface area contributed by atoms with Gasteiger partial charge in [-0.25, -0.2) is 8.42 Å². The highest BCUT2D eigenvalue weighted by atomic mass is 35.5. The van der Waals surface area contributed by atoms with Crippen molar-refractivity contribution < 1.29 is 17.9 Å². The van der Waals surface area contributed by atoms with E-state index in [-0.39, 0.29) is 22.4 Å². The van der Waals surface area contributed by atoms with Crippen molar-refractivity contribution in [1.82, 2.24) is 9.21 Å². The van der Waals surface area contributed by atoms with Gasteiger partial charge in [-0.3, -0.25) is 9.69 Å². The molecule has 0 spiro atoms. The zero-order valence-corrected chi connectivity index (χ0v) is 18.5. The number of benzene rings is 1. The number of carbonyl (C=O) groups is 1. The number of hydrogen-bond donors (Lipinski definition) is 1. The standard InChI is InChI=1S/C20H30ClN3O4S/c1-23(14-16-5-3-2-4-6-16)15-20(25)22-17-7-8-18(21)19(13-17)29(26,27)24-9-11-28-12-10-24/h7-8,13,16H,2-6,9-12,14-15H2,1H3,(H,22,25). The van der Waals surface area contributed by atoms with Gasteiger partial charge in [0.1, 0.15) is 4.90 Å². The Morgan fingerprint density at radius 2 is 1.93 bits per heavy atom. The monoisotopic (exact) mass is 443 g/mol. The minimum absolute atomic E-state index is 0.00873. The molecule has 1 heterocycles. The average Bonchev–Trinajstić information content (AvgIpc) is 2.70. The van der Waals surface area contributed by atoms with Crippen LogP contribution in [0.3, 0.4) is 0 Å². The van der Waals surface area contributed by atoms with Gasteiger partial charge in [0.05, 0.1) is 24.8 Å². The zero-order valence-electron chi connectivity index (χ0n) is 16.9. The summed E-state index contributed by atoms with van der Waals surface area (Å²) in [4.78, 5) is 14.5. The number of rotatable bonds is 7. The maximum absolute atomic E-state index is 12.9. The number of sulfonamides is 1. The van der Waals surface area contributed by atoms with E-state index in [0.717, 1.165) is 6.54 Å². The fraction of sp³-hybridized carbons (Fsp3) is 0.650. The first-order valence-electron chi connectivity index (χ1n) is 10.2. The Balaban J connectivity index is 1.62. The van der Waals surface area contributed by atoms with Crippen molar-refractivity contribution in [3.63, 3.8) is 0 Å². The van der Waals surface area contributed by atoms with Gasteiger partial charge in [-0.05, 0) is 44.0 Å². The molecule has 162 valence electrons. The first kappa shape index (κ1) is 22.5. The highest BCUT2D eigenvalue weighted by Crippen LogP contribution is 2.28.